The standard InChI is InChI=1S/C15H23NO/c1-4-15(16(2)3)13-7-9-14(10-8-13)17-11-12-5-6-12/h7-10,12,15H,4-6,11H2,1-3H3. The molecule has 1 saturated carbocycles. The minimum Gasteiger partial charge on any atom is -0.493 e. The molecule has 94 valence electrons. The summed E-state index contributed by atoms with van der Waals surface area (Å²) in [6.07, 6.45) is 3.82. The fraction of sp³-hybridized carbons (Fsp3) is 0.600. The lowest BCUT2D eigenvalue weighted by atomic mass is 10.0. The molecule has 0 bridgehead atoms. The molecule has 2 nitrogen and oxygen atoms in total. The molecule has 0 radical (unpaired) electrons. The molecular formula is C15H23NO. The van der Waals surface area contributed by atoms with Crippen molar-refractivity contribution in [2.45, 2.75) is 32.2 Å². The third-order valence-electron chi connectivity index (χ3n) is 3.46. The molecule has 1 unspecified atom stereocenters. The first-order valence-corrected chi connectivity index (χ1v) is 6.60. The van der Waals surface area contributed by atoms with Crippen LogP contribution in [-0.2, 0) is 0 Å². The molecule has 2 heteroatoms. The lowest BCUT2D eigenvalue weighted by molar-refractivity contribution is 0.289. The van der Waals surface area contributed by atoms with Crippen LogP contribution in [0.4, 0.5) is 0 Å². The number of hydrogen-bond donors (Lipinski definition) is 0. The van der Waals surface area contributed by atoms with E-state index in [1.54, 1.807) is 0 Å². The van der Waals surface area contributed by atoms with Gasteiger partial charge >= 0.3 is 0 Å². The lowest BCUT2D eigenvalue weighted by Crippen LogP contribution is -2.18. The minimum atomic E-state index is 0.507. The summed E-state index contributed by atoms with van der Waals surface area (Å²) in [5.41, 5.74) is 1.37. The highest BCUT2D eigenvalue weighted by molar-refractivity contribution is 5.29. The van der Waals surface area contributed by atoms with E-state index in [4.69, 9.17) is 4.74 Å². The molecule has 0 heterocycles. The molecule has 0 amide bonds. The summed E-state index contributed by atoms with van der Waals surface area (Å²) in [7, 11) is 4.26. The normalized spacial score (nSPS) is 17.2. The van der Waals surface area contributed by atoms with E-state index in [9.17, 15) is 0 Å². The molecule has 0 saturated heterocycles. The molecular weight excluding hydrogens is 210 g/mol. The van der Waals surface area contributed by atoms with Gasteiger partial charge in [-0.25, -0.2) is 0 Å². The van der Waals surface area contributed by atoms with Crippen molar-refractivity contribution in [3.63, 3.8) is 0 Å². The van der Waals surface area contributed by atoms with Gasteiger partial charge in [0.25, 0.3) is 0 Å². The Balaban J connectivity index is 1.95. The van der Waals surface area contributed by atoms with Crippen LogP contribution in [0.15, 0.2) is 24.3 Å². The Morgan fingerprint density at radius 3 is 2.35 bits per heavy atom. The zero-order chi connectivity index (χ0) is 12.3. The lowest BCUT2D eigenvalue weighted by Gasteiger charge is -2.23. The molecule has 1 aliphatic carbocycles. The van der Waals surface area contributed by atoms with E-state index in [1.165, 1.54) is 18.4 Å². The number of benzene rings is 1. The minimum absolute atomic E-state index is 0.507. The maximum Gasteiger partial charge on any atom is 0.119 e. The van der Waals surface area contributed by atoms with Gasteiger partial charge in [0.1, 0.15) is 5.75 Å². The summed E-state index contributed by atoms with van der Waals surface area (Å²) in [6.45, 7) is 3.12. The average molecular weight is 233 g/mol. The van der Waals surface area contributed by atoms with Crippen LogP contribution in [0.25, 0.3) is 0 Å². The summed E-state index contributed by atoms with van der Waals surface area (Å²) >= 11 is 0. The first-order chi connectivity index (χ1) is 8.20. The van der Waals surface area contributed by atoms with Gasteiger partial charge in [-0.2, -0.15) is 0 Å². The molecule has 1 aliphatic rings. The van der Waals surface area contributed by atoms with Crippen LogP contribution in [0.2, 0.25) is 0 Å². The molecule has 0 N–H and O–H groups in total. The molecule has 1 aromatic carbocycles. The fourth-order valence-corrected chi connectivity index (χ4v) is 2.18. The predicted molar refractivity (Wildman–Crippen MR) is 71.4 cm³/mol. The van der Waals surface area contributed by atoms with Gasteiger partial charge in [0.15, 0.2) is 0 Å². The Morgan fingerprint density at radius 1 is 1.24 bits per heavy atom. The highest BCUT2D eigenvalue weighted by Crippen LogP contribution is 2.30. The zero-order valence-corrected chi connectivity index (χ0v) is 11.1. The van der Waals surface area contributed by atoms with Crippen LogP contribution in [0.1, 0.15) is 37.8 Å². The summed E-state index contributed by atoms with van der Waals surface area (Å²) in [5, 5.41) is 0. The SMILES string of the molecule is CCC(c1ccc(OCC2CC2)cc1)N(C)C. The van der Waals surface area contributed by atoms with Crippen molar-refractivity contribution in [3.05, 3.63) is 29.8 Å². The van der Waals surface area contributed by atoms with Crippen molar-refractivity contribution < 1.29 is 4.74 Å². The second-order valence-corrected chi connectivity index (χ2v) is 5.21. The number of ether oxygens (including phenoxy) is 1. The molecule has 0 spiro atoms. The van der Waals surface area contributed by atoms with Crippen LogP contribution in [0.5, 0.6) is 5.75 Å². The van der Waals surface area contributed by atoms with E-state index in [0.717, 1.165) is 24.7 Å². The summed E-state index contributed by atoms with van der Waals surface area (Å²) in [4.78, 5) is 2.26. The maximum absolute atomic E-state index is 5.75. The average Bonchev–Trinajstić information content (AvgIpc) is 3.12. The van der Waals surface area contributed by atoms with Crippen molar-refractivity contribution in [2.24, 2.45) is 5.92 Å². The maximum atomic E-state index is 5.75. The second kappa shape index (κ2) is 5.54. The van der Waals surface area contributed by atoms with Crippen LogP contribution in [-0.4, -0.2) is 25.6 Å². The Hall–Kier alpha value is -1.02. The third-order valence-corrected chi connectivity index (χ3v) is 3.46. The predicted octanol–water partition coefficient (Wildman–Crippen LogP) is 3.49. The van der Waals surface area contributed by atoms with Crippen molar-refractivity contribution in [1.29, 1.82) is 0 Å². The molecule has 1 aromatic rings. The molecule has 0 aliphatic heterocycles. The third kappa shape index (κ3) is 3.47. The Kier molecular flexibility index (Phi) is 4.06. The monoisotopic (exact) mass is 233 g/mol. The van der Waals surface area contributed by atoms with Crippen LogP contribution in [0, 0.1) is 5.92 Å². The fourth-order valence-electron chi connectivity index (χ4n) is 2.18. The van der Waals surface area contributed by atoms with E-state index < -0.39 is 0 Å². The topological polar surface area (TPSA) is 12.5 Å². The quantitative estimate of drug-likeness (QED) is 0.745. The summed E-state index contributed by atoms with van der Waals surface area (Å²) < 4.78 is 5.75. The van der Waals surface area contributed by atoms with Gasteiger partial charge in [0.2, 0.25) is 0 Å². The molecule has 17 heavy (non-hydrogen) atoms. The van der Waals surface area contributed by atoms with Crippen LogP contribution < -0.4 is 4.74 Å². The van der Waals surface area contributed by atoms with E-state index in [2.05, 4.69) is 50.2 Å². The van der Waals surface area contributed by atoms with Gasteiger partial charge in [-0.05, 0) is 57.0 Å². The first-order valence-electron chi connectivity index (χ1n) is 6.60. The van der Waals surface area contributed by atoms with Gasteiger partial charge < -0.3 is 9.64 Å². The van der Waals surface area contributed by atoms with E-state index in [-0.39, 0.29) is 0 Å². The summed E-state index contributed by atoms with van der Waals surface area (Å²) in [5.74, 6) is 1.83. The molecule has 1 fully saturated rings. The Labute approximate surface area is 105 Å². The Bertz CT molecular complexity index is 340. The Morgan fingerprint density at radius 2 is 1.88 bits per heavy atom. The van der Waals surface area contributed by atoms with Crippen LogP contribution >= 0.6 is 0 Å². The van der Waals surface area contributed by atoms with Gasteiger partial charge in [0, 0.05) is 6.04 Å². The van der Waals surface area contributed by atoms with E-state index in [0.29, 0.717) is 6.04 Å². The molecule has 1 atom stereocenters. The molecule has 0 aromatic heterocycles. The van der Waals surface area contributed by atoms with Crippen molar-refractivity contribution >= 4 is 0 Å². The number of nitrogens with zero attached hydrogens (tertiary/aromatic N) is 1. The number of rotatable bonds is 6. The van der Waals surface area contributed by atoms with Crippen molar-refractivity contribution in [3.8, 4) is 5.75 Å². The van der Waals surface area contributed by atoms with Gasteiger partial charge in [0.05, 0.1) is 6.61 Å². The van der Waals surface area contributed by atoms with Gasteiger partial charge in [-0.1, -0.05) is 19.1 Å². The second-order valence-electron chi connectivity index (χ2n) is 5.21. The van der Waals surface area contributed by atoms with E-state index >= 15 is 0 Å². The van der Waals surface area contributed by atoms with Crippen molar-refractivity contribution in [2.75, 3.05) is 20.7 Å². The highest BCUT2D eigenvalue weighted by Gasteiger charge is 2.21. The van der Waals surface area contributed by atoms with Crippen molar-refractivity contribution in [1.82, 2.24) is 4.90 Å². The van der Waals surface area contributed by atoms with Crippen LogP contribution in [0.3, 0.4) is 0 Å². The summed E-state index contributed by atoms with van der Waals surface area (Å²) in [6, 6.07) is 9.09. The number of hydrogen-bond acceptors (Lipinski definition) is 2. The highest BCUT2D eigenvalue weighted by atomic mass is 16.5. The smallest absolute Gasteiger partial charge is 0.119 e. The molecule has 2 rings (SSSR count). The van der Waals surface area contributed by atoms with Gasteiger partial charge in [-0.15, -0.1) is 0 Å². The largest absolute Gasteiger partial charge is 0.493 e. The van der Waals surface area contributed by atoms with Gasteiger partial charge in [-0.3, -0.25) is 0 Å². The zero-order valence-electron chi connectivity index (χ0n) is 11.1. The first kappa shape index (κ1) is 12.4. The van der Waals surface area contributed by atoms with E-state index in [1.807, 2.05) is 0 Å².